The molecule has 2 aromatic heterocycles. The van der Waals surface area contributed by atoms with Crippen LogP contribution in [0, 0.1) is 5.41 Å². The van der Waals surface area contributed by atoms with Gasteiger partial charge in [-0.15, -0.1) is 0 Å². The second kappa shape index (κ2) is 8.57. The van der Waals surface area contributed by atoms with Gasteiger partial charge >= 0.3 is 0 Å². The summed E-state index contributed by atoms with van der Waals surface area (Å²) in [6, 6.07) is 8.67. The van der Waals surface area contributed by atoms with E-state index in [-0.39, 0.29) is 5.56 Å². The highest BCUT2D eigenvalue weighted by molar-refractivity contribution is 6.30. The van der Waals surface area contributed by atoms with Crippen molar-refractivity contribution in [3.63, 3.8) is 0 Å². The molecule has 0 unspecified atom stereocenters. The molecule has 2 N–H and O–H groups in total. The van der Waals surface area contributed by atoms with E-state index in [0.717, 1.165) is 0 Å². The highest BCUT2D eigenvalue weighted by Crippen LogP contribution is 2.25. The zero-order valence-electron chi connectivity index (χ0n) is 17.0. The van der Waals surface area contributed by atoms with Crippen molar-refractivity contribution in [3.05, 3.63) is 87.5 Å². The van der Waals surface area contributed by atoms with E-state index in [1.54, 1.807) is 68.0 Å². The van der Waals surface area contributed by atoms with Crippen molar-refractivity contribution in [1.29, 1.82) is 5.41 Å². The average molecular weight is 434 g/mol. The monoisotopic (exact) mass is 433 g/mol. The first kappa shape index (κ1) is 20.6. The molecule has 0 radical (unpaired) electrons. The van der Waals surface area contributed by atoms with Gasteiger partial charge in [0.25, 0.3) is 5.56 Å². The first-order chi connectivity index (χ1) is 15.0. The summed E-state index contributed by atoms with van der Waals surface area (Å²) in [4.78, 5) is 22.6. The summed E-state index contributed by atoms with van der Waals surface area (Å²) in [6.45, 7) is 2.30. The largest absolute Gasteiger partial charge is 0.477 e. The number of nitrogens with zero attached hydrogens (tertiary/aromatic N) is 3. The molecule has 0 saturated heterocycles. The Bertz CT molecular complexity index is 1320. The van der Waals surface area contributed by atoms with E-state index in [1.807, 2.05) is 6.92 Å². The van der Waals surface area contributed by atoms with Gasteiger partial charge in [-0.1, -0.05) is 17.7 Å². The maximum absolute atomic E-state index is 13.6. The molecule has 0 aliphatic heterocycles. The average Bonchev–Trinajstić information content (AvgIpc) is 2.76. The first-order valence-corrected chi connectivity index (χ1v) is 10.1. The summed E-state index contributed by atoms with van der Waals surface area (Å²) >= 11 is 6.05. The van der Waals surface area contributed by atoms with Crippen molar-refractivity contribution in [1.82, 2.24) is 19.9 Å². The molecule has 0 saturated carbocycles. The summed E-state index contributed by atoms with van der Waals surface area (Å²) in [5.74, 6) is 0.342. The molecule has 0 atom stereocenters. The molecule has 1 aliphatic carbocycles. The van der Waals surface area contributed by atoms with Crippen molar-refractivity contribution in [2.24, 2.45) is 0 Å². The topological polar surface area (TPSA) is 92.9 Å². The Morgan fingerprint density at radius 3 is 2.74 bits per heavy atom. The molecule has 8 heteroatoms. The van der Waals surface area contributed by atoms with E-state index in [0.29, 0.717) is 56.8 Å². The highest BCUT2D eigenvalue weighted by Gasteiger charge is 2.18. The fourth-order valence-corrected chi connectivity index (χ4v) is 3.44. The summed E-state index contributed by atoms with van der Waals surface area (Å²) in [5.41, 5.74) is 3.46. The van der Waals surface area contributed by atoms with Crippen LogP contribution in [0.25, 0.3) is 22.4 Å². The number of hydrogen-bond donors (Lipinski definition) is 2. The van der Waals surface area contributed by atoms with Gasteiger partial charge in [-0.2, -0.15) is 4.98 Å². The maximum Gasteiger partial charge on any atom is 0.264 e. The van der Waals surface area contributed by atoms with Crippen LogP contribution in [0.3, 0.4) is 0 Å². The standard InChI is InChI=1S/C23H20ClN5O2/c1-3-31-21-13-27-20-11-18(14-4-9-19(25)15(10-14)12-26-2)23(30)29(22(20)28-21)17-7-5-16(24)6-8-17/h4-13,25-26H,3H2,1-2H3/b15-12-,25-19?. The minimum Gasteiger partial charge on any atom is -0.477 e. The van der Waals surface area contributed by atoms with Crippen LogP contribution >= 0.6 is 11.6 Å². The predicted octanol–water partition coefficient (Wildman–Crippen LogP) is 3.91. The van der Waals surface area contributed by atoms with E-state index in [9.17, 15) is 4.79 Å². The number of benzene rings is 1. The quantitative estimate of drug-likeness (QED) is 0.636. The van der Waals surface area contributed by atoms with Crippen LogP contribution in [0.5, 0.6) is 5.88 Å². The Kier molecular flexibility index (Phi) is 5.68. The Morgan fingerprint density at radius 2 is 2.03 bits per heavy atom. The molecule has 0 fully saturated rings. The van der Waals surface area contributed by atoms with Crippen molar-refractivity contribution in [2.75, 3.05) is 13.7 Å². The molecule has 0 amide bonds. The number of rotatable bonds is 5. The summed E-state index contributed by atoms with van der Waals surface area (Å²) < 4.78 is 7.00. The molecule has 2 heterocycles. The van der Waals surface area contributed by atoms with Gasteiger partial charge in [0, 0.05) is 29.4 Å². The third-order valence-corrected chi connectivity index (χ3v) is 4.98. The molecule has 0 bridgehead atoms. The van der Waals surface area contributed by atoms with Gasteiger partial charge in [0.15, 0.2) is 5.65 Å². The number of fused-ring (bicyclic) bond motifs is 1. The number of pyridine rings is 1. The van der Waals surface area contributed by atoms with Gasteiger partial charge in [-0.3, -0.25) is 9.36 Å². The van der Waals surface area contributed by atoms with Crippen LogP contribution in [0.1, 0.15) is 12.5 Å². The lowest BCUT2D eigenvalue weighted by atomic mass is 9.96. The summed E-state index contributed by atoms with van der Waals surface area (Å²) in [6.07, 6.45) is 8.48. The molecule has 156 valence electrons. The van der Waals surface area contributed by atoms with Gasteiger partial charge in [0.05, 0.1) is 24.2 Å². The van der Waals surface area contributed by atoms with Gasteiger partial charge in [0.1, 0.15) is 5.52 Å². The lowest BCUT2D eigenvalue weighted by Gasteiger charge is -2.15. The van der Waals surface area contributed by atoms with E-state index >= 15 is 0 Å². The summed E-state index contributed by atoms with van der Waals surface area (Å²) in [5, 5.41) is 11.6. The summed E-state index contributed by atoms with van der Waals surface area (Å²) in [7, 11) is 1.77. The van der Waals surface area contributed by atoms with Crippen molar-refractivity contribution >= 4 is 34.0 Å². The number of allylic oxidation sites excluding steroid dienone is 5. The normalized spacial score (nSPS) is 14.7. The first-order valence-electron chi connectivity index (χ1n) is 9.70. The van der Waals surface area contributed by atoms with E-state index in [2.05, 4.69) is 15.3 Å². The third kappa shape index (κ3) is 4.00. The lowest BCUT2D eigenvalue weighted by molar-refractivity contribution is 0.326. The number of halogens is 1. The van der Waals surface area contributed by atoms with Crippen molar-refractivity contribution in [3.8, 4) is 11.6 Å². The molecule has 7 nitrogen and oxygen atoms in total. The molecule has 0 spiro atoms. The molecule has 3 aromatic rings. The second-order valence-corrected chi connectivity index (χ2v) is 7.20. The lowest BCUT2D eigenvalue weighted by Crippen LogP contribution is -2.24. The minimum absolute atomic E-state index is 0.258. The number of aromatic nitrogens is 3. The minimum atomic E-state index is -0.258. The van der Waals surface area contributed by atoms with Crippen LogP contribution in [0.2, 0.25) is 5.02 Å². The van der Waals surface area contributed by atoms with Gasteiger partial charge in [-0.05, 0) is 55.0 Å². The zero-order valence-corrected chi connectivity index (χ0v) is 17.8. The van der Waals surface area contributed by atoms with E-state index < -0.39 is 0 Å². The Labute approximate surface area is 183 Å². The van der Waals surface area contributed by atoms with Crippen LogP contribution < -0.4 is 15.6 Å². The fourth-order valence-electron chi connectivity index (χ4n) is 3.31. The van der Waals surface area contributed by atoms with Gasteiger partial charge in [-0.25, -0.2) is 4.98 Å². The van der Waals surface area contributed by atoms with Gasteiger partial charge in [0.2, 0.25) is 5.88 Å². The van der Waals surface area contributed by atoms with Crippen LogP contribution in [0.15, 0.2) is 71.3 Å². The van der Waals surface area contributed by atoms with Crippen LogP contribution in [0.4, 0.5) is 0 Å². The zero-order chi connectivity index (χ0) is 22.0. The molecule has 31 heavy (non-hydrogen) atoms. The van der Waals surface area contributed by atoms with Gasteiger partial charge < -0.3 is 15.5 Å². The SMILES string of the molecule is CCOc1cnc2cc(C3=C/C(=C/NC)C(=N)C=C3)c(=O)n(-c3ccc(Cl)cc3)c2n1. The molecule has 1 aliphatic rings. The second-order valence-electron chi connectivity index (χ2n) is 6.76. The third-order valence-electron chi connectivity index (χ3n) is 4.73. The Balaban J connectivity index is 2.00. The molecule has 1 aromatic carbocycles. The number of nitrogens with one attached hydrogen (secondary N) is 2. The predicted molar refractivity (Wildman–Crippen MR) is 123 cm³/mol. The maximum atomic E-state index is 13.6. The van der Waals surface area contributed by atoms with Crippen molar-refractivity contribution < 1.29 is 4.74 Å². The Morgan fingerprint density at radius 1 is 1.26 bits per heavy atom. The highest BCUT2D eigenvalue weighted by atomic mass is 35.5. The fraction of sp³-hybridized carbons (Fsp3) is 0.130. The van der Waals surface area contributed by atoms with E-state index in [4.69, 9.17) is 21.7 Å². The smallest absolute Gasteiger partial charge is 0.264 e. The Hall–Kier alpha value is -3.71. The van der Waals surface area contributed by atoms with Crippen LogP contribution in [-0.2, 0) is 0 Å². The van der Waals surface area contributed by atoms with E-state index in [1.165, 1.54) is 4.57 Å². The number of hydrogen-bond acceptors (Lipinski definition) is 6. The number of ether oxygens (including phenoxy) is 1. The van der Waals surface area contributed by atoms with Crippen LogP contribution in [-0.4, -0.2) is 33.9 Å². The molecular formula is C23H20ClN5O2. The molecule has 4 rings (SSSR count). The van der Waals surface area contributed by atoms with Crippen molar-refractivity contribution in [2.45, 2.75) is 6.92 Å². The molecular weight excluding hydrogens is 414 g/mol.